The van der Waals surface area contributed by atoms with E-state index >= 15 is 0 Å². The van der Waals surface area contributed by atoms with Crippen molar-refractivity contribution in [1.29, 1.82) is 0 Å². The summed E-state index contributed by atoms with van der Waals surface area (Å²) >= 11 is 5.13. The number of aromatic nitrogens is 2. The summed E-state index contributed by atoms with van der Waals surface area (Å²) in [5.74, 6) is 0.935. The molecule has 0 radical (unpaired) electrons. The van der Waals surface area contributed by atoms with Crippen molar-refractivity contribution >= 4 is 27.7 Å². The van der Waals surface area contributed by atoms with Crippen LogP contribution in [-0.4, -0.2) is 9.97 Å². The van der Waals surface area contributed by atoms with Crippen LogP contribution in [0.25, 0.3) is 0 Å². The van der Waals surface area contributed by atoms with Gasteiger partial charge < -0.3 is 0 Å². The molecule has 0 saturated heterocycles. The molecule has 0 unspecified atom stereocenters. The zero-order chi connectivity index (χ0) is 10.5. The van der Waals surface area contributed by atoms with E-state index in [9.17, 15) is 0 Å². The Kier molecular flexibility index (Phi) is 3.75. The maximum absolute atomic E-state index is 4.15. The minimum absolute atomic E-state index is 0.935. The van der Waals surface area contributed by atoms with Crippen molar-refractivity contribution in [1.82, 2.24) is 9.97 Å². The van der Waals surface area contributed by atoms with E-state index in [2.05, 4.69) is 50.2 Å². The van der Waals surface area contributed by atoms with Gasteiger partial charge in [-0.1, -0.05) is 28.1 Å². The van der Waals surface area contributed by atoms with Gasteiger partial charge in [-0.25, -0.2) is 9.97 Å². The fourth-order valence-electron chi connectivity index (χ4n) is 1.10. The minimum atomic E-state index is 0.935. The summed E-state index contributed by atoms with van der Waals surface area (Å²) in [6, 6.07) is 10.2. The van der Waals surface area contributed by atoms with Crippen molar-refractivity contribution in [3.63, 3.8) is 0 Å². The second kappa shape index (κ2) is 5.28. The standard InChI is InChI=1S/C11H9BrN2S/c12-10-3-1-9(2-4-10)7-15-11-5-6-13-8-14-11/h1-6,8H,7H2. The van der Waals surface area contributed by atoms with E-state index in [-0.39, 0.29) is 0 Å². The fourth-order valence-corrected chi connectivity index (χ4v) is 2.15. The summed E-state index contributed by atoms with van der Waals surface area (Å²) in [7, 11) is 0. The smallest absolute Gasteiger partial charge is 0.116 e. The van der Waals surface area contributed by atoms with E-state index in [4.69, 9.17) is 0 Å². The van der Waals surface area contributed by atoms with E-state index < -0.39 is 0 Å². The number of halogens is 1. The number of nitrogens with zero attached hydrogens (tertiary/aromatic N) is 2. The van der Waals surface area contributed by atoms with Crippen LogP contribution in [0.15, 0.2) is 52.4 Å². The van der Waals surface area contributed by atoms with Crippen LogP contribution in [0.3, 0.4) is 0 Å². The number of rotatable bonds is 3. The molecule has 0 aliphatic carbocycles. The van der Waals surface area contributed by atoms with Crippen molar-refractivity contribution < 1.29 is 0 Å². The molecule has 0 amide bonds. The molecule has 2 aromatic rings. The first-order valence-electron chi connectivity index (χ1n) is 4.48. The number of hydrogen-bond donors (Lipinski definition) is 0. The number of hydrogen-bond acceptors (Lipinski definition) is 3. The van der Waals surface area contributed by atoms with E-state index in [0.29, 0.717) is 0 Å². The van der Waals surface area contributed by atoms with E-state index in [1.807, 2.05) is 6.07 Å². The molecule has 76 valence electrons. The molecule has 0 aliphatic heterocycles. The van der Waals surface area contributed by atoms with Crippen LogP contribution in [-0.2, 0) is 5.75 Å². The van der Waals surface area contributed by atoms with Gasteiger partial charge in [-0.05, 0) is 23.8 Å². The van der Waals surface area contributed by atoms with Gasteiger partial charge in [0.05, 0.1) is 5.03 Å². The highest BCUT2D eigenvalue weighted by molar-refractivity contribution is 9.10. The maximum Gasteiger partial charge on any atom is 0.116 e. The Balaban J connectivity index is 1.96. The van der Waals surface area contributed by atoms with Crippen molar-refractivity contribution in [2.45, 2.75) is 10.8 Å². The Labute approximate surface area is 101 Å². The zero-order valence-electron chi connectivity index (χ0n) is 7.93. The number of thioether (sulfide) groups is 1. The quantitative estimate of drug-likeness (QED) is 0.635. The molecule has 0 N–H and O–H groups in total. The van der Waals surface area contributed by atoms with Crippen LogP contribution in [0.1, 0.15) is 5.56 Å². The Bertz CT molecular complexity index is 416. The lowest BCUT2D eigenvalue weighted by Gasteiger charge is -2.00. The van der Waals surface area contributed by atoms with E-state index in [1.165, 1.54) is 5.56 Å². The summed E-state index contributed by atoms with van der Waals surface area (Å²) in [5, 5.41) is 1.01. The third-order valence-corrected chi connectivity index (χ3v) is 3.40. The first kappa shape index (κ1) is 10.6. The number of benzene rings is 1. The monoisotopic (exact) mass is 280 g/mol. The Morgan fingerprint density at radius 2 is 1.93 bits per heavy atom. The fraction of sp³-hybridized carbons (Fsp3) is 0.0909. The van der Waals surface area contributed by atoms with Crippen molar-refractivity contribution in [3.05, 3.63) is 52.9 Å². The third-order valence-electron chi connectivity index (χ3n) is 1.85. The van der Waals surface area contributed by atoms with Gasteiger partial charge in [0, 0.05) is 16.4 Å². The van der Waals surface area contributed by atoms with Crippen LogP contribution in [0.4, 0.5) is 0 Å². The lowest BCUT2D eigenvalue weighted by atomic mass is 10.2. The maximum atomic E-state index is 4.15. The van der Waals surface area contributed by atoms with Crippen molar-refractivity contribution in [3.8, 4) is 0 Å². The first-order chi connectivity index (χ1) is 7.34. The largest absolute Gasteiger partial charge is 0.245 e. The van der Waals surface area contributed by atoms with Crippen LogP contribution >= 0.6 is 27.7 Å². The molecule has 0 atom stereocenters. The molecule has 0 aliphatic rings. The second-order valence-corrected chi connectivity index (χ2v) is 4.87. The minimum Gasteiger partial charge on any atom is -0.245 e. The predicted octanol–water partition coefficient (Wildman–Crippen LogP) is 3.53. The van der Waals surface area contributed by atoms with Crippen LogP contribution in [0.2, 0.25) is 0 Å². The molecule has 1 aromatic carbocycles. The summed E-state index contributed by atoms with van der Waals surface area (Å²) in [4.78, 5) is 8.04. The summed E-state index contributed by atoms with van der Waals surface area (Å²) in [5.41, 5.74) is 1.29. The van der Waals surface area contributed by atoms with Gasteiger partial charge in [0.1, 0.15) is 6.33 Å². The normalized spacial score (nSPS) is 10.2. The first-order valence-corrected chi connectivity index (χ1v) is 6.26. The van der Waals surface area contributed by atoms with Crippen LogP contribution in [0, 0.1) is 0 Å². The molecule has 0 spiro atoms. The summed E-state index contributed by atoms with van der Waals surface area (Å²) < 4.78 is 1.11. The van der Waals surface area contributed by atoms with Crippen LogP contribution in [0.5, 0.6) is 0 Å². The Morgan fingerprint density at radius 3 is 2.60 bits per heavy atom. The molecule has 0 fully saturated rings. The van der Waals surface area contributed by atoms with Crippen LogP contribution < -0.4 is 0 Å². The van der Waals surface area contributed by atoms with Gasteiger partial charge in [-0.3, -0.25) is 0 Å². The average Bonchev–Trinajstić information content (AvgIpc) is 2.30. The van der Waals surface area contributed by atoms with E-state index in [1.54, 1.807) is 24.3 Å². The molecular formula is C11H9BrN2S. The topological polar surface area (TPSA) is 25.8 Å². The average molecular weight is 281 g/mol. The molecule has 15 heavy (non-hydrogen) atoms. The summed E-state index contributed by atoms with van der Waals surface area (Å²) in [6.07, 6.45) is 3.33. The molecule has 0 saturated carbocycles. The van der Waals surface area contributed by atoms with E-state index in [0.717, 1.165) is 15.3 Å². The molecule has 4 heteroatoms. The van der Waals surface area contributed by atoms with Gasteiger partial charge in [-0.2, -0.15) is 0 Å². The molecule has 1 aromatic heterocycles. The molecule has 1 heterocycles. The zero-order valence-corrected chi connectivity index (χ0v) is 10.3. The van der Waals surface area contributed by atoms with Crippen molar-refractivity contribution in [2.24, 2.45) is 0 Å². The molecule has 2 nitrogen and oxygen atoms in total. The highest BCUT2D eigenvalue weighted by atomic mass is 79.9. The SMILES string of the molecule is Brc1ccc(CSc2ccncn2)cc1. The molecular weight excluding hydrogens is 272 g/mol. The second-order valence-electron chi connectivity index (χ2n) is 2.96. The molecule has 0 bridgehead atoms. The predicted molar refractivity (Wildman–Crippen MR) is 65.7 cm³/mol. The highest BCUT2D eigenvalue weighted by Gasteiger charge is 1.96. The highest BCUT2D eigenvalue weighted by Crippen LogP contribution is 2.20. The third kappa shape index (κ3) is 3.32. The molecule has 2 rings (SSSR count). The Morgan fingerprint density at radius 1 is 1.13 bits per heavy atom. The van der Waals surface area contributed by atoms with Crippen molar-refractivity contribution in [2.75, 3.05) is 0 Å². The lowest BCUT2D eigenvalue weighted by molar-refractivity contribution is 1.05. The summed E-state index contributed by atoms with van der Waals surface area (Å²) in [6.45, 7) is 0. The Hall–Kier alpha value is -0.870. The van der Waals surface area contributed by atoms with Gasteiger partial charge in [0.15, 0.2) is 0 Å². The lowest BCUT2D eigenvalue weighted by Crippen LogP contribution is -1.83. The van der Waals surface area contributed by atoms with Gasteiger partial charge in [0.25, 0.3) is 0 Å². The van der Waals surface area contributed by atoms with Gasteiger partial charge in [-0.15, -0.1) is 11.8 Å². The van der Waals surface area contributed by atoms with Gasteiger partial charge in [0.2, 0.25) is 0 Å². The van der Waals surface area contributed by atoms with Gasteiger partial charge >= 0.3 is 0 Å².